The van der Waals surface area contributed by atoms with Crippen LogP contribution in [0.15, 0.2) is 146 Å². The summed E-state index contributed by atoms with van der Waals surface area (Å²) in [7, 11) is 1.73. The summed E-state index contributed by atoms with van der Waals surface area (Å²) < 4.78 is 0. The average molecular weight is 620 g/mol. The van der Waals surface area contributed by atoms with Gasteiger partial charge < -0.3 is 15.7 Å². The number of ketones is 1. The molecule has 0 aromatic heterocycles. The number of nitrogens with zero attached hydrogens (tertiary/aromatic N) is 1. The molecule has 0 saturated carbocycles. The molecule has 6 aromatic rings. The summed E-state index contributed by atoms with van der Waals surface area (Å²) in [6.45, 7) is 0. The Kier molecular flexibility index (Phi) is 9.06. The van der Waals surface area contributed by atoms with E-state index in [9.17, 15) is 19.5 Å². The quantitative estimate of drug-likeness (QED) is 0.134. The third-order valence-electron chi connectivity index (χ3n) is 8.10. The predicted molar refractivity (Wildman–Crippen MR) is 188 cm³/mol. The van der Waals surface area contributed by atoms with Crippen molar-refractivity contribution in [2.24, 2.45) is 0 Å². The summed E-state index contributed by atoms with van der Waals surface area (Å²) in [6, 6.07) is 43.8. The van der Waals surface area contributed by atoms with Crippen LogP contribution in [-0.2, 0) is 11.2 Å². The van der Waals surface area contributed by atoms with Gasteiger partial charge in [0.25, 0.3) is 0 Å². The van der Waals surface area contributed by atoms with Gasteiger partial charge in [-0.2, -0.15) is 0 Å². The Morgan fingerprint density at radius 1 is 0.681 bits per heavy atom. The van der Waals surface area contributed by atoms with Gasteiger partial charge in [-0.15, -0.1) is 0 Å². The van der Waals surface area contributed by atoms with Crippen LogP contribution in [0.1, 0.15) is 21.5 Å². The summed E-state index contributed by atoms with van der Waals surface area (Å²) in [5.74, 6) is -1.20. The van der Waals surface area contributed by atoms with E-state index < -0.39 is 12.0 Å². The van der Waals surface area contributed by atoms with Gasteiger partial charge in [-0.25, -0.2) is 9.59 Å². The second-order valence-electron chi connectivity index (χ2n) is 11.3. The summed E-state index contributed by atoms with van der Waals surface area (Å²) >= 11 is 0. The number of rotatable bonds is 10. The maximum Gasteiger partial charge on any atom is 0.326 e. The molecule has 0 spiro atoms. The van der Waals surface area contributed by atoms with Crippen LogP contribution in [0.4, 0.5) is 21.9 Å². The number of para-hydroxylation sites is 1. The SMILES string of the molecule is CN(C(=O)Nc1ccc2ccccc2c1)c1cccc(-c2ccc(CC(Nc3ccccc3C(=O)c3ccccc3)C(=O)O)cc2)c1. The number of urea groups is 1. The standard InChI is InChI=1S/C40H33N3O4/c1-43(40(47)41-33-23-22-28-10-5-6-13-31(28)25-33)34-15-9-14-32(26-34)29-20-18-27(19-21-29)24-37(39(45)46)42-36-17-8-7-16-35(36)38(44)30-11-3-2-4-12-30/h2-23,25-26,37,42H,24H2,1H3,(H,41,47)(H,45,46). The highest BCUT2D eigenvalue weighted by atomic mass is 16.4. The topological polar surface area (TPSA) is 98.7 Å². The van der Waals surface area contributed by atoms with Crippen molar-refractivity contribution in [3.63, 3.8) is 0 Å². The summed E-state index contributed by atoms with van der Waals surface area (Å²) in [6.07, 6.45) is 0.210. The Balaban J connectivity index is 1.14. The fourth-order valence-electron chi connectivity index (χ4n) is 5.49. The number of hydrogen-bond acceptors (Lipinski definition) is 4. The Morgan fingerprint density at radius 2 is 1.38 bits per heavy atom. The van der Waals surface area contributed by atoms with Gasteiger partial charge in [0.1, 0.15) is 6.04 Å². The predicted octanol–water partition coefficient (Wildman–Crippen LogP) is 8.51. The maximum atomic E-state index is 13.2. The Bertz CT molecular complexity index is 2060. The molecule has 1 unspecified atom stereocenters. The van der Waals surface area contributed by atoms with E-state index in [1.165, 1.54) is 0 Å². The molecule has 7 nitrogen and oxygen atoms in total. The molecule has 47 heavy (non-hydrogen) atoms. The first-order valence-corrected chi connectivity index (χ1v) is 15.3. The number of carboxylic acids is 1. The van der Waals surface area contributed by atoms with Crippen LogP contribution in [-0.4, -0.2) is 36.0 Å². The average Bonchev–Trinajstić information content (AvgIpc) is 3.11. The molecule has 6 aromatic carbocycles. The van der Waals surface area contributed by atoms with Crippen LogP contribution in [0.5, 0.6) is 0 Å². The second-order valence-corrected chi connectivity index (χ2v) is 11.3. The number of aliphatic carboxylic acids is 1. The molecule has 0 fully saturated rings. The smallest absolute Gasteiger partial charge is 0.326 e. The molecule has 2 amide bonds. The molecule has 0 aliphatic carbocycles. The lowest BCUT2D eigenvalue weighted by molar-refractivity contribution is -0.137. The first-order valence-electron chi connectivity index (χ1n) is 15.3. The summed E-state index contributed by atoms with van der Waals surface area (Å²) in [5.41, 5.74) is 5.52. The monoisotopic (exact) mass is 619 g/mol. The number of benzene rings is 6. The van der Waals surface area contributed by atoms with E-state index in [0.717, 1.165) is 33.2 Å². The minimum absolute atomic E-state index is 0.179. The minimum Gasteiger partial charge on any atom is -0.480 e. The lowest BCUT2D eigenvalue weighted by atomic mass is 9.98. The first-order chi connectivity index (χ1) is 22.9. The number of nitrogens with one attached hydrogen (secondary N) is 2. The van der Waals surface area contributed by atoms with E-state index in [-0.39, 0.29) is 18.2 Å². The molecular formula is C40H33N3O4. The Hall–Kier alpha value is -6.21. The van der Waals surface area contributed by atoms with Gasteiger partial charge in [-0.1, -0.05) is 109 Å². The lowest BCUT2D eigenvalue weighted by Gasteiger charge is -2.19. The highest BCUT2D eigenvalue weighted by Crippen LogP contribution is 2.27. The number of carbonyl (C=O) groups is 3. The van der Waals surface area contributed by atoms with Crippen LogP contribution in [0, 0.1) is 0 Å². The van der Waals surface area contributed by atoms with Crippen molar-refractivity contribution in [2.45, 2.75) is 12.5 Å². The van der Waals surface area contributed by atoms with Crippen molar-refractivity contribution in [1.29, 1.82) is 0 Å². The number of amides is 2. The number of anilines is 3. The van der Waals surface area contributed by atoms with E-state index in [1.54, 1.807) is 60.5 Å². The molecule has 0 aliphatic heterocycles. The van der Waals surface area contributed by atoms with Crippen molar-refractivity contribution in [2.75, 3.05) is 22.6 Å². The summed E-state index contributed by atoms with van der Waals surface area (Å²) in [5, 5.41) is 18.3. The number of fused-ring (bicyclic) bond motifs is 1. The number of carboxylic acid groups (broad SMARTS) is 1. The van der Waals surface area contributed by atoms with Gasteiger partial charge >= 0.3 is 12.0 Å². The van der Waals surface area contributed by atoms with E-state index in [4.69, 9.17) is 0 Å². The molecule has 3 N–H and O–H groups in total. The molecule has 1 atom stereocenters. The zero-order valence-electron chi connectivity index (χ0n) is 25.8. The molecule has 7 heteroatoms. The van der Waals surface area contributed by atoms with Crippen LogP contribution < -0.4 is 15.5 Å². The van der Waals surface area contributed by atoms with E-state index >= 15 is 0 Å². The molecule has 0 radical (unpaired) electrons. The Labute approximate surface area is 273 Å². The molecule has 232 valence electrons. The third-order valence-corrected chi connectivity index (χ3v) is 8.10. The Morgan fingerprint density at radius 3 is 2.15 bits per heavy atom. The minimum atomic E-state index is -1.02. The van der Waals surface area contributed by atoms with Gasteiger partial charge in [0.05, 0.1) is 0 Å². The molecule has 0 bridgehead atoms. The third kappa shape index (κ3) is 7.21. The van der Waals surface area contributed by atoms with Gasteiger partial charge in [-0.3, -0.25) is 9.69 Å². The zero-order valence-corrected chi connectivity index (χ0v) is 25.8. The van der Waals surface area contributed by atoms with Crippen LogP contribution in [0.3, 0.4) is 0 Å². The highest BCUT2D eigenvalue weighted by Gasteiger charge is 2.21. The molecule has 6 rings (SSSR count). The van der Waals surface area contributed by atoms with Crippen molar-refractivity contribution in [1.82, 2.24) is 0 Å². The van der Waals surface area contributed by atoms with Gasteiger partial charge in [0.2, 0.25) is 0 Å². The van der Waals surface area contributed by atoms with Crippen LogP contribution in [0.25, 0.3) is 21.9 Å². The van der Waals surface area contributed by atoms with E-state index in [0.29, 0.717) is 22.5 Å². The first kappa shape index (κ1) is 30.8. The van der Waals surface area contributed by atoms with Crippen LogP contribution in [0.2, 0.25) is 0 Å². The van der Waals surface area contributed by atoms with E-state index in [1.807, 2.05) is 97.1 Å². The zero-order chi connectivity index (χ0) is 32.8. The molecular weight excluding hydrogens is 586 g/mol. The van der Waals surface area contributed by atoms with E-state index in [2.05, 4.69) is 10.6 Å². The molecule has 0 heterocycles. The summed E-state index contributed by atoms with van der Waals surface area (Å²) in [4.78, 5) is 40.1. The molecule has 0 saturated heterocycles. The highest BCUT2D eigenvalue weighted by molar-refractivity contribution is 6.12. The normalized spacial score (nSPS) is 11.4. The largest absolute Gasteiger partial charge is 0.480 e. The lowest BCUT2D eigenvalue weighted by Crippen LogP contribution is -2.32. The number of carbonyl (C=O) groups excluding carboxylic acids is 2. The van der Waals surface area contributed by atoms with Gasteiger partial charge in [0, 0.05) is 41.7 Å². The maximum absolute atomic E-state index is 13.2. The van der Waals surface area contributed by atoms with Gasteiger partial charge in [0.15, 0.2) is 5.78 Å². The van der Waals surface area contributed by atoms with Crippen molar-refractivity contribution >= 4 is 45.6 Å². The van der Waals surface area contributed by atoms with Crippen LogP contribution >= 0.6 is 0 Å². The van der Waals surface area contributed by atoms with Crippen molar-refractivity contribution in [3.05, 3.63) is 162 Å². The van der Waals surface area contributed by atoms with Crippen molar-refractivity contribution < 1.29 is 19.5 Å². The molecule has 0 aliphatic rings. The fraction of sp³-hybridized carbons (Fsp3) is 0.0750. The fourth-order valence-corrected chi connectivity index (χ4v) is 5.49. The number of hydrogen-bond donors (Lipinski definition) is 3. The van der Waals surface area contributed by atoms with Crippen molar-refractivity contribution in [3.8, 4) is 11.1 Å². The second kappa shape index (κ2) is 13.8. The van der Waals surface area contributed by atoms with Gasteiger partial charge in [-0.05, 0) is 63.9 Å².